The first-order valence-corrected chi connectivity index (χ1v) is 4.02. The van der Waals surface area contributed by atoms with E-state index < -0.39 is 6.04 Å². The van der Waals surface area contributed by atoms with Crippen molar-refractivity contribution >= 4 is 11.8 Å². The second-order valence-electron chi connectivity index (χ2n) is 2.97. The quantitative estimate of drug-likeness (QED) is 0.599. The first-order chi connectivity index (χ1) is 6.24. The van der Waals surface area contributed by atoms with Gasteiger partial charge in [0.2, 0.25) is 0 Å². The highest BCUT2D eigenvalue weighted by molar-refractivity contribution is 6.00. The number of hydrogen-bond acceptors (Lipinski definition) is 3. The van der Waals surface area contributed by atoms with Gasteiger partial charge < -0.3 is 9.30 Å². The zero-order valence-electron chi connectivity index (χ0n) is 7.19. The number of esters is 1. The Bertz CT molecular complexity index is 367. The molecule has 13 heavy (non-hydrogen) atoms. The van der Waals surface area contributed by atoms with Crippen LogP contribution < -0.4 is 0 Å². The SMILES string of the molecule is COC(=O)C1CC(=O)c2cccn21. The van der Waals surface area contributed by atoms with Crippen LogP contribution in [0.5, 0.6) is 0 Å². The third-order valence-corrected chi connectivity index (χ3v) is 2.25. The van der Waals surface area contributed by atoms with E-state index in [2.05, 4.69) is 4.74 Å². The van der Waals surface area contributed by atoms with Crippen LogP contribution in [-0.4, -0.2) is 23.4 Å². The van der Waals surface area contributed by atoms with Gasteiger partial charge in [-0.1, -0.05) is 0 Å². The van der Waals surface area contributed by atoms with Gasteiger partial charge in [-0.25, -0.2) is 4.79 Å². The largest absolute Gasteiger partial charge is 0.467 e. The summed E-state index contributed by atoms with van der Waals surface area (Å²) in [5.41, 5.74) is 0.593. The molecule has 0 aliphatic carbocycles. The molecular formula is C9H9NO3. The van der Waals surface area contributed by atoms with E-state index in [1.807, 2.05) is 0 Å². The number of nitrogens with zero attached hydrogens (tertiary/aromatic N) is 1. The van der Waals surface area contributed by atoms with Gasteiger partial charge >= 0.3 is 5.97 Å². The molecule has 4 nitrogen and oxygen atoms in total. The highest BCUT2D eigenvalue weighted by atomic mass is 16.5. The minimum absolute atomic E-state index is 0.000370. The summed E-state index contributed by atoms with van der Waals surface area (Å²) in [6, 6.07) is 3.01. The molecule has 1 aliphatic heterocycles. The predicted molar refractivity (Wildman–Crippen MR) is 44.4 cm³/mol. The molecule has 0 fully saturated rings. The minimum atomic E-state index is -0.456. The van der Waals surface area contributed by atoms with E-state index >= 15 is 0 Å². The smallest absolute Gasteiger partial charge is 0.329 e. The zero-order valence-corrected chi connectivity index (χ0v) is 7.19. The van der Waals surface area contributed by atoms with E-state index in [1.165, 1.54) is 7.11 Å². The van der Waals surface area contributed by atoms with Crippen LogP contribution >= 0.6 is 0 Å². The molecule has 2 rings (SSSR count). The van der Waals surface area contributed by atoms with E-state index in [0.717, 1.165) is 0 Å². The molecule has 1 aromatic rings. The maximum Gasteiger partial charge on any atom is 0.329 e. The van der Waals surface area contributed by atoms with Gasteiger partial charge in [0, 0.05) is 12.6 Å². The number of ketones is 1. The third-order valence-electron chi connectivity index (χ3n) is 2.25. The van der Waals surface area contributed by atoms with Crippen LogP contribution in [-0.2, 0) is 9.53 Å². The Labute approximate surface area is 75.1 Å². The van der Waals surface area contributed by atoms with Gasteiger partial charge in [0.25, 0.3) is 0 Å². The average Bonchev–Trinajstić information content (AvgIpc) is 2.68. The molecule has 68 valence electrons. The molecule has 0 bridgehead atoms. The molecule has 1 atom stereocenters. The topological polar surface area (TPSA) is 48.3 Å². The van der Waals surface area contributed by atoms with Crippen molar-refractivity contribution in [3.8, 4) is 0 Å². The van der Waals surface area contributed by atoms with E-state index in [4.69, 9.17) is 0 Å². The Hall–Kier alpha value is -1.58. The summed E-state index contributed by atoms with van der Waals surface area (Å²) in [6.07, 6.45) is 1.95. The summed E-state index contributed by atoms with van der Waals surface area (Å²) < 4.78 is 6.26. The zero-order chi connectivity index (χ0) is 9.42. The van der Waals surface area contributed by atoms with Crippen molar-refractivity contribution in [1.29, 1.82) is 0 Å². The predicted octanol–water partition coefficient (Wildman–Crippen LogP) is 0.789. The maximum absolute atomic E-state index is 11.3. The van der Waals surface area contributed by atoms with Crippen molar-refractivity contribution < 1.29 is 14.3 Å². The van der Waals surface area contributed by atoms with Gasteiger partial charge in [0.15, 0.2) is 5.78 Å². The lowest BCUT2D eigenvalue weighted by Gasteiger charge is -2.08. The fraction of sp³-hybridized carbons (Fsp3) is 0.333. The van der Waals surface area contributed by atoms with Crippen LogP contribution in [0.3, 0.4) is 0 Å². The Morgan fingerprint density at radius 3 is 3.15 bits per heavy atom. The first-order valence-electron chi connectivity index (χ1n) is 4.02. The van der Waals surface area contributed by atoms with Crippen molar-refractivity contribution in [1.82, 2.24) is 4.57 Å². The van der Waals surface area contributed by atoms with E-state index in [0.29, 0.717) is 5.69 Å². The summed E-state index contributed by atoms with van der Waals surface area (Å²) in [4.78, 5) is 22.6. The highest BCUT2D eigenvalue weighted by Crippen LogP contribution is 2.26. The highest BCUT2D eigenvalue weighted by Gasteiger charge is 2.33. The number of aromatic nitrogens is 1. The lowest BCUT2D eigenvalue weighted by molar-refractivity contribution is -0.144. The normalized spacial score (nSPS) is 20.1. The molecule has 0 N–H and O–H groups in total. The van der Waals surface area contributed by atoms with Crippen LogP contribution in [0.4, 0.5) is 0 Å². The molecule has 0 radical (unpaired) electrons. The van der Waals surface area contributed by atoms with Crippen LogP contribution in [0.25, 0.3) is 0 Å². The molecule has 0 spiro atoms. The van der Waals surface area contributed by atoms with Crippen LogP contribution in [0.15, 0.2) is 18.3 Å². The fourth-order valence-electron chi connectivity index (χ4n) is 1.61. The number of Topliss-reactive ketones (excluding diaryl/α,β-unsaturated/α-hetero) is 1. The van der Waals surface area contributed by atoms with E-state index in [9.17, 15) is 9.59 Å². The number of rotatable bonds is 1. The number of hydrogen-bond donors (Lipinski definition) is 0. The van der Waals surface area contributed by atoms with Crippen LogP contribution in [0.1, 0.15) is 23.0 Å². The van der Waals surface area contributed by atoms with Gasteiger partial charge in [-0.3, -0.25) is 4.79 Å². The number of ether oxygens (including phenoxy) is 1. The number of fused-ring (bicyclic) bond motifs is 1. The summed E-state index contributed by atoms with van der Waals surface area (Å²) in [7, 11) is 1.33. The molecule has 1 unspecified atom stereocenters. The molecule has 4 heteroatoms. The summed E-state index contributed by atoms with van der Waals surface area (Å²) in [5, 5.41) is 0. The molecule has 0 saturated carbocycles. The summed E-state index contributed by atoms with van der Waals surface area (Å²) >= 11 is 0. The van der Waals surface area contributed by atoms with E-state index in [-0.39, 0.29) is 18.2 Å². The Balaban J connectivity index is 2.38. The molecular weight excluding hydrogens is 170 g/mol. The second kappa shape index (κ2) is 2.73. The lowest BCUT2D eigenvalue weighted by atomic mass is 10.2. The molecule has 1 aromatic heterocycles. The Kier molecular flexibility index (Phi) is 1.69. The average molecular weight is 179 g/mol. The van der Waals surface area contributed by atoms with E-state index in [1.54, 1.807) is 22.9 Å². The molecule has 0 amide bonds. The van der Waals surface area contributed by atoms with Gasteiger partial charge in [-0.15, -0.1) is 0 Å². The number of carbonyl (C=O) groups is 2. The van der Waals surface area contributed by atoms with Crippen molar-refractivity contribution in [3.05, 3.63) is 24.0 Å². The Morgan fingerprint density at radius 1 is 1.69 bits per heavy atom. The Morgan fingerprint density at radius 2 is 2.46 bits per heavy atom. The van der Waals surface area contributed by atoms with Crippen molar-refractivity contribution in [3.63, 3.8) is 0 Å². The lowest BCUT2D eigenvalue weighted by Crippen LogP contribution is -2.16. The standard InChI is InChI=1S/C9H9NO3/c1-13-9(12)7-5-8(11)6-3-2-4-10(6)7/h2-4,7H,5H2,1H3. The molecule has 1 aliphatic rings. The molecule has 0 saturated heterocycles. The maximum atomic E-state index is 11.3. The van der Waals surface area contributed by atoms with Crippen molar-refractivity contribution in [2.24, 2.45) is 0 Å². The van der Waals surface area contributed by atoms with Crippen molar-refractivity contribution in [2.75, 3.05) is 7.11 Å². The van der Waals surface area contributed by atoms with Gasteiger partial charge in [0.1, 0.15) is 6.04 Å². The molecule has 2 heterocycles. The van der Waals surface area contributed by atoms with Gasteiger partial charge in [-0.2, -0.15) is 0 Å². The second-order valence-corrected chi connectivity index (χ2v) is 2.97. The number of methoxy groups -OCH3 is 1. The monoisotopic (exact) mass is 179 g/mol. The van der Waals surface area contributed by atoms with Gasteiger partial charge in [-0.05, 0) is 12.1 Å². The first kappa shape index (κ1) is 8.04. The third kappa shape index (κ3) is 1.06. The van der Waals surface area contributed by atoms with Crippen molar-refractivity contribution in [2.45, 2.75) is 12.5 Å². The fourth-order valence-corrected chi connectivity index (χ4v) is 1.61. The minimum Gasteiger partial charge on any atom is -0.467 e. The molecule has 0 aromatic carbocycles. The van der Waals surface area contributed by atoms with Crippen LogP contribution in [0.2, 0.25) is 0 Å². The van der Waals surface area contributed by atoms with Crippen LogP contribution in [0, 0.1) is 0 Å². The summed E-state index contributed by atoms with van der Waals surface area (Å²) in [6.45, 7) is 0. The summed E-state index contributed by atoms with van der Waals surface area (Å²) in [5.74, 6) is -0.358. The van der Waals surface area contributed by atoms with Gasteiger partial charge in [0.05, 0.1) is 12.8 Å². The number of carbonyl (C=O) groups excluding carboxylic acids is 2.